The summed E-state index contributed by atoms with van der Waals surface area (Å²) in [5.41, 5.74) is 1.41. The molecule has 2 heterocycles. The Morgan fingerprint density at radius 2 is 1.79 bits per heavy atom. The molecule has 7 heteroatoms. The van der Waals surface area contributed by atoms with Crippen LogP contribution < -0.4 is 5.32 Å². The highest BCUT2D eigenvalue weighted by molar-refractivity contribution is 8.18. The van der Waals surface area contributed by atoms with Gasteiger partial charge in [-0.15, -0.1) is 0 Å². The minimum Gasteiger partial charge on any atom is -0.324 e. The van der Waals surface area contributed by atoms with Crippen molar-refractivity contribution < 1.29 is 14.4 Å². The molecular formula is C21H15N3O3S. The van der Waals surface area contributed by atoms with E-state index < -0.39 is 17.1 Å². The zero-order valence-electron chi connectivity index (χ0n) is 14.7. The van der Waals surface area contributed by atoms with Gasteiger partial charge in [-0.25, -0.2) is 0 Å². The molecule has 4 rings (SSSR count). The fraction of sp³-hybridized carbons (Fsp3) is 0.0476. The second kappa shape index (κ2) is 7.66. The third-order valence-electron chi connectivity index (χ3n) is 4.24. The maximum Gasteiger partial charge on any atom is 0.294 e. The summed E-state index contributed by atoms with van der Waals surface area (Å²) in [4.78, 5) is 42.4. The van der Waals surface area contributed by atoms with Crippen LogP contribution in [0.2, 0.25) is 0 Å². The Kier molecular flexibility index (Phi) is 4.90. The van der Waals surface area contributed by atoms with Crippen molar-refractivity contribution >= 4 is 51.4 Å². The summed E-state index contributed by atoms with van der Waals surface area (Å²) in [5.74, 6) is -0.899. The molecule has 2 aromatic carbocycles. The fourth-order valence-corrected chi connectivity index (χ4v) is 3.75. The highest BCUT2D eigenvalue weighted by Crippen LogP contribution is 2.32. The standard InChI is InChI=1S/C21H15N3O3S/c25-19(23-17-7-3-5-15-4-1-2-6-16(15)17)13-24-20(26)18(28-21(24)27)12-14-8-10-22-11-9-14/h1-12H,13H2,(H,23,25)/b18-12+. The monoisotopic (exact) mass is 389 g/mol. The highest BCUT2D eigenvalue weighted by atomic mass is 32.2. The molecule has 0 radical (unpaired) electrons. The second-order valence-electron chi connectivity index (χ2n) is 6.12. The van der Waals surface area contributed by atoms with Crippen LogP contribution in [0.5, 0.6) is 0 Å². The molecule has 1 aliphatic heterocycles. The van der Waals surface area contributed by atoms with Crippen LogP contribution in [0.1, 0.15) is 5.56 Å². The normalized spacial score (nSPS) is 15.4. The van der Waals surface area contributed by atoms with Gasteiger partial charge >= 0.3 is 0 Å². The molecule has 0 bridgehead atoms. The number of rotatable bonds is 4. The number of benzene rings is 2. The molecule has 1 N–H and O–H groups in total. The predicted molar refractivity (Wildman–Crippen MR) is 109 cm³/mol. The topological polar surface area (TPSA) is 79.4 Å². The van der Waals surface area contributed by atoms with Crippen molar-refractivity contribution in [3.63, 3.8) is 0 Å². The maximum absolute atomic E-state index is 12.5. The molecule has 3 amide bonds. The van der Waals surface area contributed by atoms with Gasteiger partial charge in [0.2, 0.25) is 5.91 Å². The van der Waals surface area contributed by atoms with Crippen LogP contribution in [-0.2, 0) is 9.59 Å². The number of hydrogen-bond donors (Lipinski definition) is 1. The first-order valence-corrected chi connectivity index (χ1v) is 9.36. The van der Waals surface area contributed by atoms with E-state index in [-0.39, 0.29) is 11.4 Å². The Balaban J connectivity index is 1.49. The Bertz CT molecular complexity index is 1110. The number of anilines is 1. The molecule has 1 saturated heterocycles. The van der Waals surface area contributed by atoms with Gasteiger partial charge in [0.25, 0.3) is 11.1 Å². The number of nitrogens with zero attached hydrogens (tertiary/aromatic N) is 2. The molecule has 28 heavy (non-hydrogen) atoms. The molecule has 0 spiro atoms. The average Bonchev–Trinajstić information content (AvgIpc) is 2.96. The number of carbonyl (C=O) groups excluding carboxylic acids is 3. The van der Waals surface area contributed by atoms with E-state index in [2.05, 4.69) is 10.3 Å². The smallest absolute Gasteiger partial charge is 0.294 e. The van der Waals surface area contributed by atoms with Gasteiger partial charge in [-0.1, -0.05) is 36.4 Å². The maximum atomic E-state index is 12.5. The van der Waals surface area contributed by atoms with Crippen molar-refractivity contribution in [2.24, 2.45) is 0 Å². The Morgan fingerprint density at radius 1 is 1.04 bits per heavy atom. The van der Waals surface area contributed by atoms with Gasteiger partial charge < -0.3 is 5.32 Å². The van der Waals surface area contributed by atoms with E-state index in [0.29, 0.717) is 5.69 Å². The van der Waals surface area contributed by atoms with Crippen molar-refractivity contribution in [3.8, 4) is 0 Å². The van der Waals surface area contributed by atoms with Crippen LogP contribution in [-0.4, -0.2) is 33.5 Å². The van der Waals surface area contributed by atoms with Crippen LogP contribution >= 0.6 is 11.8 Å². The van der Waals surface area contributed by atoms with Crippen LogP contribution in [0.3, 0.4) is 0 Å². The largest absolute Gasteiger partial charge is 0.324 e. The van der Waals surface area contributed by atoms with Crippen molar-refractivity contribution in [3.05, 3.63) is 77.5 Å². The first-order valence-electron chi connectivity index (χ1n) is 8.55. The summed E-state index contributed by atoms with van der Waals surface area (Å²) >= 11 is 0.826. The van der Waals surface area contributed by atoms with Crippen molar-refractivity contribution in [1.29, 1.82) is 0 Å². The zero-order chi connectivity index (χ0) is 19.5. The molecule has 0 atom stereocenters. The van der Waals surface area contributed by atoms with E-state index in [0.717, 1.165) is 33.0 Å². The number of amides is 3. The number of hydrogen-bond acceptors (Lipinski definition) is 5. The predicted octanol–water partition coefficient (Wildman–Crippen LogP) is 3.91. The van der Waals surface area contributed by atoms with E-state index in [1.807, 2.05) is 36.4 Å². The van der Waals surface area contributed by atoms with Crippen molar-refractivity contribution in [2.75, 3.05) is 11.9 Å². The molecule has 138 valence electrons. The number of fused-ring (bicyclic) bond motifs is 1. The lowest BCUT2D eigenvalue weighted by Crippen LogP contribution is -2.36. The average molecular weight is 389 g/mol. The van der Waals surface area contributed by atoms with Gasteiger partial charge in [0.05, 0.1) is 4.91 Å². The first-order chi connectivity index (χ1) is 13.6. The number of aromatic nitrogens is 1. The van der Waals surface area contributed by atoms with E-state index in [1.54, 1.807) is 36.7 Å². The van der Waals surface area contributed by atoms with Gasteiger partial charge in [0, 0.05) is 23.5 Å². The van der Waals surface area contributed by atoms with Gasteiger partial charge in [0.1, 0.15) is 6.54 Å². The summed E-state index contributed by atoms with van der Waals surface area (Å²) < 4.78 is 0. The molecule has 0 unspecified atom stereocenters. The number of imide groups is 1. The molecule has 0 aliphatic carbocycles. The van der Waals surface area contributed by atoms with Gasteiger partial charge in [0.15, 0.2) is 0 Å². The molecule has 0 saturated carbocycles. The van der Waals surface area contributed by atoms with Gasteiger partial charge in [-0.3, -0.25) is 24.3 Å². The van der Waals surface area contributed by atoms with Gasteiger partial charge in [-0.2, -0.15) is 0 Å². The van der Waals surface area contributed by atoms with Gasteiger partial charge in [-0.05, 0) is 47.0 Å². The molecule has 1 fully saturated rings. The van der Waals surface area contributed by atoms with E-state index in [9.17, 15) is 14.4 Å². The number of thioether (sulfide) groups is 1. The Morgan fingerprint density at radius 3 is 2.61 bits per heavy atom. The second-order valence-corrected chi connectivity index (χ2v) is 7.12. The minimum absolute atomic E-state index is 0.286. The number of carbonyl (C=O) groups is 3. The molecule has 3 aromatic rings. The third-order valence-corrected chi connectivity index (χ3v) is 5.15. The lowest BCUT2D eigenvalue weighted by atomic mass is 10.1. The van der Waals surface area contributed by atoms with E-state index in [4.69, 9.17) is 0 Å². The quantitative estimate of drug-likeness (QED) is 0.685. The molecular weight excluding hydrogens is 374 g/mol. The summed E-state index contributed by atoms with van der Waals surface area (Å²) in [5, 5.41) is 4.22. The summed E-state index contributed by atoms with van der Waals surface area (Å²) in [6.07, 6.45) is 4.83. The Labute approximate surface area is 165 Å². The van der Waals surface area contributed by atoms with Crippen LogP contribution in [0.4, 0.5) is 10.5 Å². The van der Waals surface area contributed by atoms with Crippen LogP contribution in [0, 0.1) is 0 Å². The molecule has 1 aliphatic rings. The summed E-state index contributed by atoms with van der Waals surface area (Å²) in [6, 6.07) is 16.7. The number of nitrogens with one attached hydrogen (secondary N) is 1. The molecule has 6 nitrogen and oxygen atoms in total. The first kappa shape index (κ1) is 17.9. The lowest BCUT2D eigenvalue weighted by Gasteiger charge is -2.13. The summed E-state index contributed by atoms with van der Waals surface area (Å²) in [6.45, 7) is -0.332. The Hall–Kier alpha value is -3.45. The zero-order valence-corrected chi connectivity index (χ0v) is 15.5. The van der Waals surface area contributed by atoms with Crippen LogP contribution in [0.15, 0.2) is 71.9 Å². The minimum atomic E-state index is -0.472. The number of pyridine rings is 1. The third kappa shape index (κ3) is 3.65. The van der Waals surface area contributed by atoms with Crippen molar-refractivity contribution in [1.82, 2.24) is 9.88 Å². The SMILES string of the molecule is O=C(CN1C(=O)S/C(=C/c2ccncc2)C1=O)Nc1cccc2ccccc12. The summed E-state index contributed by atoms with van der Waals surface area (Å²) in [7, 11) is 0. The van der Waals surface area contributed by atoms with Crippen LogP contribution in [0.25, 0.3) is 16.8 Å². The van der Waals surface area contributed by atoms with E-state index in [1.165, 1.54) is 0 Å². The lowest BCUT2D eigenvalue weighted by molar-refractivity contribution is -0.127. The van der Waals surface area contributed by atoms with Crippen molar-refractivity contribution in [2.45, 2.75) is 0 Å². The molecule has 1 aromatic heterocycles. The van der Waals surface area contributed by atoms with E-state index >= 15 is 0 Å². The fourth-order valence-electron chi connectivity index (χ4n) is 2.92. The highest BCUT2D eigenvalue weighted by Gasteiger charge is 2.36.